The second-order valence-electron chi connectivity index (χ2n) is 4.97. The third kappa shape index (κ3) is 3.28. The van der Waals surface area contributed by atoms with E-state index in [1.807, 2.05) is 18.9 Å². The fraction of sp³-hybridized carbons (Fsp3) is 0.400. The minimum atomic E-state index is -0.592. The van der Waals surface area contributed by atoms with Crippen molar-refractivity contribution in [1.82, 2.24) is 9.96 Å². The number of rotatable bonds is 6. The summed E-state index contributed by atoms with van der Waals surface area (Å²) in [4.78, 5) is 42.7. The van der Waals surface area contributed by atoms with Crippen molar-refractivity contribution in [3.05, 3.63) is 35.4 Å². The summed E-state index contributed by atoms with van der Waals surface area (Å²) in [6, 6.07) is 6.40. The molecule has 0 aromatic heterocycles. The molecule has 112 valence electrons. The van der Waals surface area contributed by atoms with Crippen LogP contribution in [0, 0.1) is 0 Å². The number of carbonyl (C=O) groups excluding carboxylic acids is 3. The van der Waals surface area contributed by atoms with Crippen LogP contribution in [0.15, 0.2) is 24.3 Å². The normalized spacial score (nSPS) is 13.8. The Morgan fingerprint density at radius 1 is 1.14 bits per heavy atom. The van der Waals surface area contributed by atoms with E-state index in [2.05, 4.69) is 0 Å². The van der Waals surface area contributed by atoms with Gasteiger partial charge in [-0.25, -0.2) is 4.79 Å². The standard InChI is InChI=1S/C15H18N2O4/c1-3-9-16(2)10-8-13(18)21-17-14(19)11-6-4-5-7-12(11)15(17)20/h4-7H,3,8-10H2,1-2H3. The molecular weight excluding hydrogens is 272 g/mol. The number of imide groups is 1. The number of carbonyl (C=O) groups is 3. The Morgan fingerprint density at radius 3 is 2.24 bits per heavy atom. The van der Waals surface area contributed by atoms with Crippen LogP contribution in [-0.2, 0) is 9.63 Å². The van der Waals surface area contributed by atoms with Crippen LogP contribution in [0.25, 0.3) is 0 Å². The molecule has 0 atom stereocenters. The topological polar surface area (TPSA) is 66.9 Å². The summed E-state index contributed by atoms with van der Waals surface area (Å²) in [6.45, 7) is 3.45. The second kappa shape index (κ2) is 6.49. The lowest BCUT2D eigenvalue weighted by Gasteiger charge is -2.16. The maximum Gasteiger partial charge on any atom is 0.334 e. The van der Waals surface area contributed by atoms with Crippen LogP contribution in [-0.4, -0.2) is 47.9 Å². The molecule has 6 heteroatoms. The first-order chi connectivity index (χ1) is 10.0. The van der Waals surface area contributed by atoms with Crippen LogP contribution in [0.3, 0.4) is 0 Å². The lowest BCUT2D eigenvalue weighted by atomic mass is 10.1. The van der Waals surface area contributed by atoms with Crippen molar-refractivity contribution in [3.8, 4) is 0 Å². The molecule has 0 unspecified atom stereocenters. The van der Waals surface area contributed by atoms with Gasteiger partial charge < -0.3 is 9.74 Å². The van der Waals surface area contributed by atoms with Gasteiger partial charge in [0.15, 0.2) is 0 Å². The molecule has 0 spiro atoms. The Kier molecular flexibility index (Phi) is 4.70. The van der Waals surface area contributed by atoms with Gasteiger partial charge in [-0.2, -0.15) is 0 Å². The number of hydrogen-bond donors (Lipinski definition) is 0. The SMILES string of the molecule is CCCN(C)CCC(=O)ON1C(=O)c2ccccc2C1=O. The van der Waals surface area contributed by atoms with Crippen molar-refractivity contribution >= 4 is 17.8 Å². The maximum absolute atomic E-state index is 12.0. The first kappa shape index (κ1) is 15.2. The van der Waals surface area contributed by atoms with Crippen LogP contribution < -0.4 is 0 Å². The first-order valence-electron chi connectivity index (χ1n) is 6.91. The average molecular weight is 290 g/mol. The molecule has 0 bridgehead atoms. The summed E-state index contributed by atoms with van der Waals surface area (Å²) in [5.74, 6) is -1.77. The van der Waals surface area contributed by atoms with E-state index in [0.29, 0.717) is 11.6 Å². The van der Waals surface area contributed by atoms with Crippen molar-refractivity contribution in [1.29, 1.82) is 0 Å². The zero-order valence-electron chi connectivity index (χ0n) is 12.2. The van der Waals surface area contributed by atoms with E-state index >= 15 is 0 Å². The molecule has 0 saturated carbocycles. The average Bonchev–Trinajstić information content (AvgIpc) is 2.71. The highest BCUT2D eigenvalue weighted by atomic mass is 16.7. The van der Waals surface area contributed by atoms with Crippen LogP contribution in [0.1, 0.15) is 40.5 Å². The van der Waals surface area contributed by atoms with Crippen LogP contribution in [0.5, 0.6) is 0 Å². The van der Waals surface area contributed by atoms with Crippen LogP contribution >= 0.6 is 0 Å². The summed E-state index contributed by atoms with van der Waals surface area (Å²) in [6.07, 6.45) is 1.12. The molecule has 0 N–H and O–H groups in total. The van der Waals surface area contributed by atoms with Gasteiger partial charge in [-0.15, -0.1) is 0 Å². The molecule has 0 radical (unpaired) electrons. The quantitative estimate of drug-likeness (QED) is 0.742. The summed E-state index contributed by atoms with van der Waals surface area (Å²) in [7, 11) is 1.90. The van der Waals surface area contributed by atoms with E-state index in [-0.39, 0.29) is 17.5 Å². The highest BCUT2D eigenvalue weighted by molar-refractivity contribution is 6.20. The second-order valence-corrected chi connectivity index (χ2v) is 4.97. The molecule has 2 amide bonds. The summed E-state index contributed by atoms with van der Waals surface area (Å²) < 4.78 is 0. The molecule has 2 rings (SSSR count). The lowest BCUT2D eigenvalue weighted by molar-refractivity contribution is -0.168. The van der Waals surface area contributed by atoms with Gasteiger partial charge in [0.1, 0.15) is 0 Å². The zero-order valence-corrected chi connectivity index (χ0v) is 12.2. The first-order valence-corrected chi connectivity index (χ1v) is 6.91. The van der Waals surface area contributed by atoms with Crippen molar-refractivity contribution in [3.63, 3.8) is 0 Å². The molecule has 1 aliphatic heterocycles. The number of fused-ring (bicyclic) bond motifs is 1. The number of hydrogen-bond acceptors (Lipinski definition) is 5. The van der Waals surface area contributed by atoms with Crippen molar-refractivity contribution in [2.45, 2.75) is 19.8 Å². The third-order valence-electron chi connectivity index (χ3n) is 3.25. The molecule has 1 aliphatic rings. The van der Waals surface area contributed by atoms with Crippen LogP contribution in [0.2, 0.25) is 0 Å². The molecule has 0 aliphatic carbocycles. The third-order valence-corrected chi connectivity index (χ3v) is 3.25. The minimum Gasteiger partial charge on any atom is -0.330 e. The molecule has 21 heavy (non-hydrogen) atoms. The van der Waals surface area contributed by atoms with Gasteiger partial charge >= 0.3 is 5.97 Å². The van der Waals surface area contributed by atoms with Crippen molar-refractivity contribution < 1.29 is 19.2 Å². The van der Waals surface area contributed by atoms with E-state index in [4.69, 9.17) is 4.84 Å². The van der Waals surface area contributed by atoms with E-state index in [1.54, 1.807) is 24.3 Å². The van der Waals surface area contributed by atoms with E-state index < -0.39 is 17.8 Å². The zero-order chi connectivity index (χ0) is 15.4. The number of amides is 2. The highest BCUT2D eigenvalue weighted by Crippen LogP contribution is 2.22. The Labute approximate surface area is 123 Å². The largest absolute Gasteiger partial charge is 0.334 e. The maximum atomic E-state index is 12.0. The Hall–Kier alpha value is -2.21. The van der Waals surface area contributed by atoms with Crippen molar-refractivity contribution in [2.75, 3.05) is 20.1 Å². The van der Waals surface area contributed by atoms with Crippen LogP contribution in [0.4, 0.5) is 0 Å². The fourth-order valence-electron chi connectivity index (χ4n) is 2.17. The van der Waals surface area contributed by atoms with Gasteiger partial charge in [0.2, 0.25) is 0 Å². The highest BCUT2D eigenvalue weighted by Gasteiger charge is 2.38. The summed E-state index contributed by atoms with van der Waals surface area (Å²) >= 11 is 0. The number of hydroxylamine groups is 2. The Bertz CT molecular complexity index is 536. The van der Waals surface area contributed by atoms with E-state index in [0.717, 1.165) is 13.0 Å². The predicted octanol–water partition coefficient (Wildman–Crippen LogP) is 1.47. The van der Waals surface area contributed by atoms with Gasteiger partial charge in [-0.1, -0.05) is 24.1 Å². The smallest absolute Gasteiger partial charge is 0.330 e. The summed E-state index contributed by atoms with van der Waals surface area (Å²) in [5, 5.41) is 0.548. The lowest BCUT2D eigenvalue weighted by Crippen LogP contribution is -2.34. The summed E-state index contributed by atoms with van der Waals surface area (Å²) in [5.41, 5.74) is 0.525. The van der Waals surface area contributed by atoms with Gasteiger partial charge in [0.25, 0.3) is 11.8 Å². The van der Waals surface area contributed by atoms with Crippen molar-refractivity contribution in [2.24, 2.45) is 0 Å². The minimum absolute atomic E-state index is 0.129. The molecule has 0 saturated heterocycles. The Morgan fingerprint density at radius 2 is 1.71 bits per heavy atom. The van der Waals surface area contributed by atoms with Gasteiger partial charge in [0, 0.05) is 6.54 Å². The number of nitrogens with zero attached hydrogens (tertiary/aromatic N) is 2. The van der Waals surface area contributed by atoms with Gasteiger partial charge in [-0.3, -0.25) is 9.59 Å². The molecule has 1 aromatic carbocycles. The monoisotopic (exact) mass is 290 g/mol. The van der Waals surface area contributed by atoms with E-state index in [1.165, 1.54) is 0 Å². The van der Waals surface area contributed by atoms with Gasteiger partial charge in [0.05, 0.1) is 17.5 Å². The molecule has 6 nitrogen and oxygen atoms in total. The molecular formula is C15H18N2O4. The van der Waals surface area contributed by atoms with E-state index in [9.17, 15) is 14.4 Å². The number of benzene rings is 1. The predicted molar refractivity (Wildman–Crippen MR) is 75.4 cm³/mol. The van der Waals surface area contributed by atoms with Gasteiger partial charge in [-0.05, 0) is 32.1 Å². The fourth-order valence-corrected chi connectivity index (χ4v) is 2.17. The molecule has 0 fully saturated rings. The Balaban J connectivity index is 1.94. The molecule has 1 aromatic rings. The molecule has 1 heterocycles.